The fourth-order valence-electron chi connectivity index (χ4n) is 3.27. The zero-order valence-electron chi connectivity index (χ0n) is 15.6. The Morgan fingerprint density at radius 2 is 1.92 bits per heavy atom. The second-order valence-electron chi connectivity index (χ2n) is 6.67. The summed E-state index contributed by atoms with van der Waals surface area (Å²) < 4.78 is 11.6. The van der Waals surface area contributed by atoms with E-state index in [1.54, 1.807) is 12.0 Å². The molecule has 0 radical (unpaired) electrons. The molecule has 2 aromatic rings. The van der Waals surface area contributed by atoms with Crippen LogP contribution in [0.1, 0.15) is 43.0 Å². The van der Waals surface area contributed by atoms with E-state index in [4.69, 9.17) is 21.1 Å². The summed E-state index contributed by atoms with van der Waals surface area (Å²) in [6.45, 7) is 4.11. The van der Waals surface area contributed by atoms with Crippen LogP contribution < -0.4 is 9.47 Å². The summed E-state index contributed by atoms with van der Waals surface area (Å²) in [5.41, 5.74) is 3.06. The number of likely N-dealkylation sites (N-methyl/N-ethyl adjacent to an activating group) is 1. The van der Waals surface area contributed by atoms with E-state index >= 15 is 0 Å². The Labute approximate surface area is 159 Å². The van der Waals surface area contributed by atoms with Gasteiger partial charge in [-0.25, -0.2) is 0 Å². The first-order valence-corrected chi connectivity index (χ1v) is 9.21. The van der Waals surface area contributed by atoms with Gasteiger partial charge in [0.2, 0.25) is 5.91 Å². The molecule has 0 saturated carbocycles. The molecule has 0 spiro atoms. The molecule has 2 atom stereocenters. The van der Waals surface area contributed by atoms with Gasteiger partial charge in [0.05, 0.1) is 25.7 Å². The molecule has 0 fully saturated rings. The van der Waals surface area contributed by atoms with Crippen LogP contribution in [-0.4, -0.2) is 31.1 Å². The molecule has 1 unspecified atom stereocenters. The largest absolute Gasteiger partial charge is 0.493 e. The van der Waals surface area contributed by atoms with Gasteiger partial charge in [-0.1, -0.05) is 30.7 Å². The average molecular weight is 374 g/mol. The normalized spacial score (nSPS) is 17.7. The van der Waals surface area contributed by atoms with Gasteiger partial charge >= 0.3 is 0 Å². The SMILES string of the molecule is CC[C@@H](C)Oc1cc2c(cc1OC)CC(=O)N(C)C2c1ccc(Cl)cc1. The number of methoxy groups -OCH3 is 1. The monoisotopic (exact) mass is 373 g/mol. The first kappa shape index (κ1) is 18.6. The van der Waals surface area contributed by atoms with Crippen LogP contribution in [0.15, 0.2) is 36.4 Å². The van der Waals surface area contributed by atoms with Crippen molar-refractivity contribution in [3.05, 3.63) is 58.1 Å². The number of amides is 1. The maximum atomic E-state index is 12.5. The van der Waals surface area contributed by atoms with E-state index in [0.29, 0.717) is 22.9 Å². The van der Waals surface area contributed by atoms with Crippen molar-refractivity contribution < 1.29 is 14.3 Å². The number of hydrogen-bond donors (Lipinski definition) is 0. The molecule has 1 aliphatic heterocycles. The van der Waals surface area contributed by atoms with Crippen molar-refractivity contribution >= 4 is 17.5 Å². The minimum Gasteiger partial charge on any atom is -0.493 e. The zero-order valence-corrected chi connectivity index (χ0v) is 16.3. The molecule has 5 heteroatoms. The molecule has 0 bridgehead atoms. The molecular weight excluding hydrogens is 350 g/mol. The third kappa shape index (κ3) is 3.51. The van der Waals surface area contributed by atoms with Gasteiger partial charge in [0.25, 0.3) is 0 Å². The van der Waals surface area contributed by atoms with Gasteiger partial charge in [0.15, 0.2) is 11.5 Å². The Morgan fingerprint density at radius 3 is 2.54 bits per heavy atom. The van der Waals surface area contributed by atoms with Crippen molar-refractivity contribution in [2.75, 3.05) is 14.2 Å². The molecule has 138 valence electrons. The molecule has 1 heterocycles. The highest BCUT2D eigenvalue weighted by Gasteiger charge is 2.32. The van der Waals surface area contributed by atoms with Crippen molar-refractivity contribution in [1.82, 2.24) is 4.90 Å². The lowest BCUT2D eigenvalue weighted by molar-refractivity contribution is -0.131. The minimum atomic E-state index is -0.172. The molecule has 0 saturated heterocycles. The molecule has 1 amide bonds. The number of carbonyl (C=O) groups excluding carboxylic acids is 1. The fourth-order valence-corrected chi connectivity index (χ4v) is 3.39. The Kier molecular flexibility index (Phi) is 5.42. The molecular formula is C21H24ClNO3. The number of nitrogens with zero attached hydrogens (tertiary/aromatic N) is 1. The van der Waals surface area contributed by atoms with Crippen LogP contribution in [0.25, 0.3) is 0 Å². The van der Waals surface area contributed by atoms with Gasteiger partial charge in [-0.2, -0.15) is 0 Å². The van der Waals surface area contributed by atoms with E-state index < -0.39 is 0 Å². The Balaban J connectivity index is 2.12. The summed E-state index contributed by atoms with van der Waals surface area (Å²) in [5.74, 6) is 1.45. The predicted molar refractivity (Wildman–Crippen MR) is 103 cm³/mol. The van der Waals surface area contributed by atoms with E-state index in [1.165, 1.54) is 0 Å². The first-order chi connectivity index (χ1) is 12.4. The van der Waals surface area contributed by atoms with Crippen molar-refractivity contribution in [1.29, 1.82) is 0 Å². The number of carbonyl (C=O) groups is 1. The molecule has 4 nitrogen and oxygen atoms in total. The van der Waals surface area contributed by atoms with Crippen LogP contribution >= 0.6 is 11.6 Å². The van der Waals surface area contributed by atoms with Gasteiger partial charge in [-0.15, -0.1) is 0 Å². The third-order valence-electron chi connectivity index (χ3n) is 4.93. The van der Waals surface area contributed by atoms with E-state index in [0.717, 1.165) is 23.1 Å². The second kappa shape index (κ2) is 7.58. The topological polar surface area (TPSA) is 38.8 Å². The van der Waals surface area contributed by atoms with E-state index in [1.807, 2.05) is 50.4 Å². The molecule has 1 aliphatic rings. The summed E-state index contributed by atoms with van der Waals surface area (Å²) in [7, 11) is 3.46. The van der Waals surface area contributed by atoms with Crippen LogP contribution in [-0.2, 0) is 11.2 Å². The van der Waals surface area contributed by atoms with E-state index in [9.17, 15) is 4.79 Å². The van der Waals surface area contributed by atoms with Gasteiger partial charge < -0.3 is 14.4 Å². The molecule has 3 rings (SSSR count). The summed E-state index contributed by atoms with van der Waals surface area (Å²) in [6.07, 6.45) is 1.34. The van der Waals surface area contributed by atoms with Gasteiger partial charge in [-0.3, -0.25) is 4.79 Å². The van der Waals surface area contributed by atoms with Crippen LogP contribution in [0.2, 0.25) is 5.02 Å². The van der Waals surface area contributed by atoms with Crippen molar-refractivity contribution in [2.24, 2.45) is 0 Å². The lowest BCUT2D eigenvalue weighted by Crippen LogP contribution is -2.37. The summed E-state index contributed by atoms with van der Waals surface area (Å²) in [6, 6.07) is 11.4. The fraction of sp³-hybridized carbons (Fsp3) is 0.381. The summed E-state index contributed by atoms with van der Waals surface area (Å²) >= 11 is 6.04. The third-order valence-corrected chi connectivity index (χ3v) is 5.18. The van der Waals surface area contributed by atoms with Crippen molar-refractivity contribution in [3.63, 3.8) is 0 Å². The quantitative estimate of drug-likeness (QED) is 0.767. The number of rotatable bonds is 5. The smallest absolute Gasteiger partial charge is 0.227 e. The Hall–Kier alpha value is -2.20. The summed E-state index contributed by atoms with van der Waals surface area (Å²) in [5, 5.41) is 0.675. The molecule has 0 aliphatic carbocycles. The van der Waals surface area contributed by atoms with Gasteiger partial charge in [-0.05, 0) is 54.3 Å². The van der Waals surface area contributed by atoms with E-state index in [2.05, 4.69) is 6.92 Å². The Morgan fingerprint density at radius 1 is 1.23 bits per heavy atom. The Bertz CT molecular complexity index is 804. The number of ether oxygens (including phenoxy) is 2. The maximum absolute atomic E-state index is 12.5. The maximum Gasteiger partial charge on any atom is 0.227 e. The van der Waals surface area contributed by atoms with Crippen LogP contribution in [0, 0.1) is 0 Å². The van der Waals surface area contributed by atoms with Crippen LogP contribution in [0.4, 0.5) is 0 Å². The lowest BCUT2D eigenvalue weighted by atomic mass is 9.87. The van der Waals surface area contributed by atoms with Crippen LogP contribution in [0.5, 0.6) is 11.5 Å². The van der Waals surface area contributed by atoms with Crippen LogP contribution in [0.3, 0.4) is 0 Å². The first-order valence-electron chi connectivity index (χ1n) is 8.83. The van der Waals surface area contributed by atoms with Crippen molar-refractivity contribution in [3.8, 4) is 11.5 Å². The lowest BCUT2D eigenvalue weighted by Gasteiger charge is -2.35. The van der Waals surface area contributed by atoms with E-state index in [-0.39, 0.29) is 18.1 Å². The standard InChI is InChI=1S/C21H24ClNO3/c1-5-13(2)26-19-12-17-15(10-18(19)25-4)11-20(24)23(3)21(17)14-6-8-16(22)9-7-14/h6-10,12-13,21H,5,11H2,1-4H3/t13-,21?/m1/s1. The minimum absolute atomic E-state index is 0.0788. The zero-order chi connectivity index (χ0) is 18.8. The van der Waals surface area contributed by atoms with Crippen molar-refractivity contribution in [2.45, 2.75) is 38.8 Å². The molecule has 0 aromatic heterocycles. The molecule has 2 aromatic carbocycles. The van der Waals surface area contributed by atoms with Gasteiger partial charge in [0, 0.05) is 12.1 Å². The number of hydrogen-bond acceptors (Lipinski definition) is 3. The highest BCUT2D eigenvalue weighted by atomic mass is 35.5. The number of fused-ring (bicyclic) bond motifs is 1. The summed E-state index contributed by atoms with van der Waals surface area (Å²) in [4.78, 5) is 14.3. The average Bonchev–Trinajstić information content (AvgIpc) is 2.63. The second-order valence-corrected chi connectivity index (χ2v) is 7.11. The highest BCUT2D eigenvalue weighted by Crippen LogP contribution is 2.41. The highest BCUT2D eigenvalue weighted by molar-refractivity contribution is 6.30. The van der Waals surface area contributed by atoms with Gasteiger partial charge in [0.1, 0.15) is 0 Å². The molecule has 0 N–H and O–H groups in total. The molecule has 26 heavy (non-hydrogen) atoms. The number of benzene rings is 2. The predicted octanol–water partition coefficient (Wildman–Crippen LogP) is 4.63. The number of halogens is 1.